The summed E-state index contributed by atoms with van der Waals surface area (Å²) in [6, 6.07) is 1.56. The molecule has 0 aliphatic heterocycles. The van der Waals surface area contributed by atoms with Gasteiger partial charge in [-0.3, -0.25) is 0 Å². The number of hydrogen-bond donors (Lipinski definition) is 1. The molecule has 0 radical (unpaired) electrons. The van der Waals surface area contributed by atoms with E-state index in [1.54, 1.807) is 6.07 Å². The Morgan fingerprint density at radius 1 is 1.53 bits per heavy atom. The fourth-order valence-corrected chi connectivity index (χ4v) is 1.42. The van der Waals surface area contributed by atoms with Gasteiger partial charge in [0.05, 0.1) is 10.6 Å². The third-order valence-electron chi connectivity index (χ3n) is 1.82. The van der Waals surface area contributed by atoms with Crippen LogP contribution in [-0.2, 0) is 4.74 Å². The lowest BCUT2D eigenvalue weighted by Gasteiger charge is -2.19. The Balaban J connectivity index is 2.86. The van der Waals surface area contributed by atoms with Crippen molar-refractivity contribution in [3.05, 3.63) is 22.8 Å². The average molecular weight is 257 g/mol. The van der Waals surface area contributed by atoms with E-state index < -0.39 is 11.6 Å². The van der Waals surface area contributed by atoms with Crippen LogP contribution < -0.4 is 5.32 Å². The van der Waals surface area contributed by atoms with Gasteiger partial charge >= 0.3 is 5.97 Å². The molecule has 0 aliphatic carbocycles. The van der Waals surface area contributed by atoms with Crippen molar-refractivity contribution in [2.45, 2.75) is 33.3 Å². The number of hydrogen-bond acceptors (Lipinski definition) is 4. The van der Waals surface area contributed by atoms with Crippen molar-refractivity contribution in [3.63, 3.8) is 0 Å². The molecule has 0 saturated carbocycles. The molecule has 0 atom stereocenters. The molecule has 1 heterocycles. The predicted molar refractivity (Wildman–Crippen MR) is 68.6 cm³/mol. The highest BCUT2D eigenvalue weighted by Gasteiger charge is 2.18. The molecule has 0 amide bonds. The summed E-state index contributed by atoms with van der Waals surface area (Å²) >= 11 is 5.99. The fraction of sp³-hybridized carbons (Fsp3) is 0.500. The van der Waals surface area contributed by atoms with Gasteiger partial charge in [-0.25, -0.2) is 9.78 Å². The molecule has 1 N–H and O–H groups in total. The zero-order valence-electron chi connectivity index (χ0n) is 10.5. The maximum absolute atomic E-state index is 11.7. The van der Waals surface area contributed by atoms with E-state index in [9.17, 15) is 4.79 Å². The molecule has 0 unspecified atom stereocenters. The number of anilines is 1. The molecule has 1 aromatic heterocycles. The van der Waals surface area contributed by atoms with Crippen molar-refractivity contribution >= 4 is 23.4 Å². The first-order valence-corrected chi connectivity index (χ1v) is 5.84. The van der Waals surface area contributed by atoms with Crippen LogP contribution in [0.2, 0.25) is 5.02 Å². The van der Waals surface area contributed by atoms with Gasteiger partial charge < -0.3 is 10.1 Å². The second-order valence-electron chi connectivity index (χ2n) is 4.59. The summed E-state index contributed by atoms with van der Waals surface area (Å²) in [5.41, 5.74) is -0.171. The monoisotopic (exact) mass is 256 g/mol. The summed E-state index contributed by atoms with van der Waals surface area (Å²) in [6.07, 6.45) is 1.46. The Morgan fingerprint density at radius 3 is 2.65 bits per heavy atom. The number of esters is 1. The first-order valence-electron chi connectivity index (χ1n) is 5.46. The topological polar surface area (TPSA) is 51.2 Å². The predicted octanol–water partition coefficient (Wildman–Crippen LogP) is 3.12. The second-order valence-corrected chi connectivity index (χ2v) is 4.99. The molecule has 5 heteroatoms. The molecule has 0 bridgehead atoms. The summed E-state index contributed by atoms with van der Waals surface area (Å²) in [7, 11) is 0. The van der Waals surface area contributed by atoms with Crippen LogP contribution in [-0.4, -0.2) is 23.1 Å². The first kappa shape index (κ1) is 13.8. The van der Waals surface area contributed by atoms with Gasteiger partial charge in [0.2, 0.25) is 0 Å². The molecule has 4 nitrogen and oxygen atoms in total. The van der Waals surface area contributed by atoms with Crippen molar-refractivity contribution in [2.24, 2.45) is 0 Å². The smallest absolute Gasteiger partial charge is 0.340 e. The zero-order chi connectivity index (χ0) is 13.1. The van der Waals surface area contributed by atoms with E-state index in [0.717, 1.165) is 6.54 Å². The SMILES string of the molecule is CCNc1ncc(C(=O)OC(C)(C)C)cc1Cl. The molecular weight excluding hydrogens is 240 g/mol. The molecule has 0 aliphatic rings. The van der Waals surface area contributed by atoms with Gasteiger partial charge in [0.1, 0.15) is 11.4 Å². The highest BCUT2D eigenvalue weighted by atomic mass is 35.5. The van der Waals surface area contributed by atoms with Crippen LogP contribution in [0.5, 0.6) is 0 Å². The third-order valence-corrected chi connectivity index (χ3v) is 2.11. The van der Waals surface area contributed by atoms with E-state index in [1.807, 2.05) is 27.7 Å². The summed E-state index contributed by atoms with van der Waals surface area (Å²) in [5.74, 6) is 0.149. The molecule has 0 saturated heterocycles. The van der Waals surface area contributed by atoms with E-state index in [2.05, 4.69) is 10.3 Å². The van der Waals surface area contributed by atoms with Crippen LogP contribution in [0.15, 0.2) is 12.3 Å². The number of ether oxygens (including phenoxy) is 1. The van der Waals surface area contributed by atoms with Crippen LogP contribution >= 0.6 is 11.6 Å². The summed E-state index contributed by atoms with van der Waals surface area (Å²) in [6.45, 7) is 8.10. The Labute approximate surface area is 106 Å². The Hall–Kier alpha value is -1.29. The van der Waals surface area contributed by atoms with Gasteiger partial charge in [0, 0.05) is 12.7 Å². The van der Waals surface area contributed by atoms with Crippen molar-refractivity contribution in [1.29, 1.82) is 0 Å². The normalized spacial score (nSPS) is 11.1. The van der Waals surface area contributed by atoms with Gasteiger partial charge in [0.25, 0.3) is 0 Å². The van der Waals surface area contributed by atoms with Crippen molar-refractivity contribution in [2.75, 3.05) is 11.9 Å². The highest BCUT2D eigenvalue weighted by Crippen LogP contribution is 2.21. The molecule has 1 rings (SSSR count). The maximum atomic E-state index is 11.7. The first-order chi connectivity index (χ1) is 7.83. The quantitative estimate of drug-likeness (QED) is 0.845. The van der Waals surface area contributed by atoms with Gasteiger partial charge in [0.15, 0.2) is 0 Å². The van der Waals surface area contributed by atoms with Crippen molar-refractivity contribution in [1.82, 2.24) is 4.98 Å². The van der Waals surface area contributed by atoms with Crippen LogP contribution in [0, 0.1) is 0 Å². The Kier molecular flexibility index (Phi) is 4.34. The minimum Gasteiger partial charge on any atom is -0.456 e. The molecule has 1 aromatic rings. The Morgan fingerprint density at radius 2 is 2.18 bits per heavy atom. The minimum absolute atomic E-state index is 0.353. The van der Waals surface area contributed by atoms with Crippen LogP contribution in [0.4, 0.5) is 5.82 Å². The standard InChI is InChI=1S/C12H17ClN2O2/c1-5-14-10-9(13)6-8(7-15-10)11(16)17-12(2,3)4/h6-7H,5H2,1-4H3,(H,14,15). The molecule has 0 aromatic carbocycles. The van der Waals surface area contributed by atoms with Crippen LogP contribution in [0.25, 0.3) is 0 Å². The molecule has 17 heavy (non-hydrogen) atoms. The lowest BCUT2D eigenvalue weighted by molar-refractivity contribution is 0.00691. The summed E-state index contributed by atoms with van der Waals surface area (Å²) in [5, 5.41) is 3.41. The van der Waals surface area contributed by atoms with Crippen molar-refractivity contribution < 1.29 is 9.53 Å². The average Bonchev–Trinajstić information content (AvgIpc) is 2.18. The Bertz CT molecular complexity index is 413. The number of nitrogens with one attached hydrogen (secondary N) is 1. The molecule has 0 fully saturated rings. The molecule has 94 valence electrons. The number of rotatable bonds is 3. The van der Waals surface area contributed by atoms with Crippen LogP contribution in [0.3, 0.4) is 0 Å². The van der Waals surface area contributed by atoms with Gasteiger partial charge in [-0.2, -0.15) is 0 Å². The number of carbonyl (C=O) groups excluding carboxylic acids is 1. The van der Waals surface area contributed by atoms with Gasteiger partial charge in [-0.15, -0.1) is 0 Å². The third kappa shape index (κ3) is 4.23. The van der Waals surface area contributed by atoms with E-state index in [-0.39, 0.29) is 0 Å². The highest BCUT2D eigenvalue weighted by molar-refractivity contribution is 6.33. The summed E-state index contributed by atoms with van der Waals surface area (Å²) < 4.78 is 5.22. The lowest BCUT2D eigenvalue weighted by Crippen LogP contribution is -2.24. The molecule has 0 spiro atoms. The molecular formula is C12H17ClN2O2. The van der Waals surface area contributed by atoms with Gasteiger partial charge in [-0.1, -0.05) is 11.6 Å². The number of halogens is 1. The fourth-order valence-electron chi connectivity index (χ4n) is 1.18. The number of aromatic nitrogens is 1. The van der Waals surface area contributed by atoms with E-state index in [4.69, 9.17) is 16.3 Å². The number of pyridine rings is 1. The van der Waals surface area contributed by atoms with Crippen molar-refractivity contribution in [3.8, 4) is 0 Å². The lowest BCUT2D eigenvalue weighted by atomic mass is 10.2. The van der Waals surface area contributed by atoms with E-state index in [0.29, 0.717) is 16.4 Å². The number of carbonyl (C=O) groups is 1. The van der Waals surface area contributed by atoms with Gasteiger partial charge in [-0.05, 0) is 33.8 Å². The number of nitrogens with zero attached hydrogens (tertiary/aromatic N) is 1. The second kappa shape index (κ2) is 5.36. The van der Waals surface area contributed by atoms with E-state index in [1.165, 1.54) is 6.20 Å². The van der Waals surface area contributed by atoms with Crippen LogP contribution in [0.1, 0.15) is 38.1 Å². The maximum Gasteiger partial charge on any atom is 0.340 e. The van der Waals surface area contributed by atoms with E-state index >= 15 is 0 Å². The zero-order valence-corrected chi connectivity index (χ0v) is 11.3. The summed E-state index contributed by atoms with van der Waals surface area (Å²) in [4.78, 5) is 15.8. The minimum atomic E-state index is -0.524. The largest absolute Gasteiger partial charge is 0.456 e.